The molecule has 1 fully saturated rings. The van der Waals surface area contributed by atoms with Crippen molar-refractivity contribution in [1.29, 1.82) is 0 Å². The Balaban J connectivity index is 1.64. The summed E-state index contributed by atoms with van der Waals surface area (Å²) in [5, 5.41) is 13.4. The molecule has 1 saturated carbocycles. The number of aliphatic hydroxyl groups excluding tert-OH is 1. The Morgan fingerprint density at radius 2 is 1.90 bits per heavy atom. The van der Waals surface area contributed by atoms with Crippen molar-refractivity contribution in [2.24, 2.45) is 5.92 Å². The standard InChI is InChI=1S/C17H26FNO2/c1-13(14-5-3-2-4-6-14)19-11-16(20)12-21-17-9-7-15(18)8-10-17/h7-10,13-14,16,19-20H,2-6,11-12H2,1H3. The van der Waals surface area contributed by atoms with Gasteiger partial charge in [0.15, 0.2) is 0 Å². The number of nitrogens with one attached hydrogen (secondary N) is 1. The van der Waals surface area contributed by atoms with Gasteiger partial charge < -0.3 is 15.2 Å². The molecule has 21 heavy (non-hydrogen) atoms. The predicted octanol–water partition coefficient (Wildman–Crippen LogP) is 3.12. The second-order valence-corrected chi connectivity index (χ2v) is 6.01. The number of ether oxygens (including phenoxy) is 1. The minimum absolute atomic E-state index is 0.218. The summed E-state index contributed by atoms with van der Waals surface area (Å²) >= 11 is 0. The van der Waals surface area contributed by atoms with Crippen molar-refractivity contribution in [3.8, 4) is 5.75 Å². The molecule has 0 amide bonds. The third-order valence-electron chi connectivity index (χ3n) is 4.29. The molecule has 1 aliphatic carbocycles. The molecule has 0 bridgehead atoms. The minimum atomic E-state index is -0.555. The molecule has 1 aromatic rings. The zero-order chi connectivity index (χ0) is 15.1. The Bertz CT molecular complexity index is 404. The van der Waals surface area contributed by atoms with E-state index >= 15 is 0 Å². The molecule has 2 atom stereocenters. The van der Waals surface area contributed by atoms with Gasteiger partial charge in [-0.25, -0.2) is 4.39 Å². The van der Waals surface area contributed by atoms with Crippen molar-refractivity contribution >= 4 is 0 Å². The summed E-state index contributed by atoms with van der Waals surface area (Å²) in [4.78, 5) is 0. The second kappa shape index (κ2) is 8.35. The summed E-state index contributed by atoms with van der Waals surface area (Å²) in [7, 11) is 0. The summed E-state index contributed by atoms with van der Waals surface area (Å²) in [6.07, 6.45) is 6.03. The predicted molar refractivity (Wildman–Crippen MR) is 81.9 cm³/mol. The molecule has 4 heteroatoms. The van der Waals surface area contributed by atoms with E-state index in [1.54, 1.807) is 12.1 Å². The fourth-order valence-electron chi connectivity index (χ4n) is 2.90. The van der Waals surface area contributed by atoms with Crippen molar-refractivity contribution in [1.82, 2.24) is 5.32 Å². The molecule has 2 N–H and O–H groups in total. The normalized spacial score (nSPS) is 19.2. The maximum atomic E-state index is 12.8. The minimum Gasteiger partial charge on any atom is -0.491 e. The number of benzene rings is 1. The van der Waals surface area contributed by atoms with E-state index in [1.165, 1.54) is 44.2 Å². The topological polar surface area (TPSA) is 41.5 Å². The highest BCUT2D eigenvalue weighted by Gasteiger charge is 2.20. The van der Waals surface area contributed by atoms with Crippen LogP contribution in [-0.4, -0.2) is 30.4 Å². The number of rotatable bonds is 7. The number of aliphatic hydroxyl groups is 1. The lowest BCUT2D eigenvalue weighted by molar-refractivity contribution is 0.100. The van der Waals surface area contributed by atoms with Gasteiger partial charge in [-0.15, -0.1) is 0 Å². The number of hydrogen-bond acceptors (Lipinski definition) is 3. The summed E-state index contributed by atoms with van der Waals surface area (Å²) in [5.74, 6) is 1.02. The van der Waals surface area contributed by atoms with Crippen molar-refractivity contribution < 1.29 is 14.2 Å². The van der Waals surface area contributed by atoms with Crippen LogP contribution in [0, 0.1) is 11.7 Å². The van der Waals surface area contributed by atoms with Gasteiger partial charge in [0.2, 0.25) is 0 Å². The zero-order valence-electron chi connectivity index (χ0n) is 12.7. The zero-order valence-corrected chi connectivity index (χ0v) is 12.7. The quantitative estimate of drug-likeness (QED) is 0.812. The first-order chi connectivity index (χ1) is 10.1. The van der Waals surface area contributed by atoms with Gasteiger partial charge in [-0.05, 0) is 49.9 Å². The highest BCUT2D eigenvalue weighted by molar-refractivity contribution is 5.22. The average molecular weight is 295 g/mol. The Hall–Kier alpha value is -1.13. The Labute approximate surface area is 126 Å². The van der Waals surface area contributed by atoms with Crippen LogP contribution in [0.25, 0.3) is 0 Å². The second-order valence-electron chi connectivity index (χ2n) is 6.01. The first kappa shape index (κ1) is 16.2. The van der Waals surface area contributed by atoms with E-state index in [9.17, 15) is 9.50 Å². The van der Waals surface area contributed by atoms with E-state index in [2.05, 4.69) is 12.2 Å². The van der Waals surface area contributed by atoms with Gasteiger partial charge in [-0.1, -0.05) is 19.3 Å². The molecule has 1 aromatic carbocycles. The van der Waals surface area contributed by atoms with Crippen molar-refractivity contribution in [3.63, 3.8) is 0 Å². The molecule has 0 spiro atoms. The molecule has 2 rings (SSSR count). The lowest BCUT2D eigenvalue weighted by Crippen LogP contribution is -2.40. The molecule has 0 saturated heterocycles. The first-order valence-electron chi connectivity index (χ1n) is 7.95. The summed E-state index contributed by atoms with van der Waals surface area (Å²) in [5.41, 5.74) is 0. The SMILES string of the molecule is CC(NCC(O)COc1ccc(F)cc1)C1CCCCC1. The summed E-state index contributed by atoms with van der Waals surface area (Å²) in [6.45, 7) is 2.94. The van der Waals surface area contributed by atoms with Gasteiger partial charge in [0.25, 0.3) is 0 Å². The molecular formula is C17H26FNO2. The van der Waals surface area contributed by atoms with Crippen LogP contribution >= 0.6 is 0 Å². The molecule has 0 radical (unpaired) electrons. The highest BCUT2D eigenvalue weighted by Crippen LogP contribution is 2.26. The molecule has 1 aliphatic rings. The Morgan fingerprint density at radius 3 is 2.57 bits per heavy atom. The number of hydrogen-bond donors (Lipinski definition) is 2. The maximum Gasteiger partial charge on any atom is 0.123 e. The van der Waals surface area contributed by atoms with E-state index in [-0.39, 0.29) is 12.4 Å². The largest absolute Gasteiger partial charge is 0.491 e. The van der Waals surface area contributed by atoms with E-state index in [4.69, 9.17) is 4.74 Å². The smallest absolute Gasteiger partial charge is 0.123 e. The monoisotopic (exact) mass is 295 g/mol. The molecule has 0 aromatic heterocycles. The van der Waals surface area contributed by atoms with E-state index in [0.717, 1.165) is 5.92 Å². The van der Waals surface area contributed by atoms with E-state index in [1.807, 2.05) is 0 Å². The van der Waals surface area contributed by atoms with E-state index in [0.29, 0.717) is 18.3 Å². The fraction of sp³-hybridized carbons (Fsp3) is 0.647. The van der Waals surface area contributed by atoms with Gasteiger partial charge in [0.05, 0.1) is 0 Å². The molecule has 0 heterocycles. The highest BCUT2D eigenvalue weighted by atomic mass is 19.1. The maximum absolute atomic E-state index is 12.8. The van der Waals surface area contributed by atoms with Gasteiger partial charge >= 0.3 is 0 Å². The summed E-state index contributed by atoms with van der Waals surface area (Å²) in [6, 6.07) is 6.28. The van der Waals surface area contributed by atoms with Crippen molar-refractivity contribution in [2.45, 2.75) is 51.2 Å². The van der Waals surface area contributed by atoms with Crippen LogP contribution < -0.4 is 10.1 Å². The van der Waals surface area contributed by atoms with Crippen LogP contribution in [0.2, 0.25) is 0 Å². The fourth-order valence-corrected chi connectivity index (χ4v) is 2.90. The molecule has 0 aliphatic heterocycles. The third-order valence-corrected chi connectivity index (χ3v) is 4.29. The van der Waals surface area contributed by atoms with Crippen molar-refractivity contribution in [2.75, 3.05) is 13.2 Å². The van der Waals surface area contributed by atoms with Crippen LogP contribution in [0.3, 0.4) is 0 Å². The Morgan fingerprint density at radius 1 is 1.24 bits per heavy atom. The molecule has 3 nitrogen and oxygen atoms in total. The van der Waals surface area contributed by atoms with Gasteiger partial charge in [-0.3, -0.25) is 0 Å². The lowest BCUT2D eigenvalue weighted by atomic mass is 9.84. The molecular weight excluding hydrogens is 269 g/mol. The van der Waals surface area contributed by atoms with Crippen LogP contribution in [0.15, 0.2) is 24.3 Å². The van der Waals surface area contributed by atoms with Crippen molar-refractivity contribution in [3.05, 3.63) is 30.1 Å². The third kappa shape index (κ3) is 5.64. The van der Waals surface area contributed by atoms with E-state index < -0.39 is 6.10 Å². The molecule has 2 unspecified atom stereocenters. The van der Waals surface area contributed by atoms with Gasteiger partial charge in [0, 0.05) is 12.6 Å². The molecule has 118 valence electrons. The van der Waals surface area contributed by atoms with Crippen LogP contribution in [-0.2, 0) is 0 Å². The van der Waals surface area contributed by atoms with Crippen LogP contribution in [0.1, 0.15) is 39.0 Å². The van der Waals surface area contributed by atoms with Gasteiger partial charge in [-0.2, -0.15) is 0 Å². The van der Waals surface area contributed by atoms with Gasteiger partial charge in [0.1, 0.15) is 24.3 Å². The first-order valence-corrected chi connectivity index (χ1v) is 7.95. The summed E-state index contributed by atoms with van der Waals surface area (Å²) < 4.78 is 18.2. The lowest BCUT2D eigenvalue weighted by Gasteiger charge is -2.29. The Kier molecular flexibility index (Phi) is 6.46. The number of halogens is 1. The van der Waals surface area contributed by atoms with Crippen LogP contribution in [0.4, 0.5) is 4.39 Å². The van der Waals surface area contributed by atoms with Crippen LogP contribution in [0.5, 0.6) is 5.75 Å². The average Bonchev–Trinajstić information content (AvgIpc) is 2.53.